The van der Waals surface area contributed by atoms with Crippen LogP contribution in [-0.2, 0) is 21.0 Å². The normalized spacial score (nSPS) is 28.1. The van der Waals surface area contributed by atoms with E-state index in [1.165, 1.54) is 12.7 Å². The van der Waals surface area contributed by atoms with Crippen molar-refractivity contribution in [3.8, 4) is 6.07 Å². The molecule has 4 nitrogen and oxygen atoms in total. The molecule has 5 heteroatoms. The van der Waals surface area contributed by atoms with Crippen molar-refractivity contribution in [2.45, 2.75) is 31.4 Å². The van der Waals surface area contributed by atoms with E-state index in [1.54, 1.807) is 6.92 Å². The van der Waals surface area contributed by atoms with Crippen LogP contribution in [0.2, 0.25) is 0 Å². The number of aryl methyl sites for hydroxylation is 1. The summed E-state index contributed by atoms with van der Waals surface area (Å²) in [5.41, 5.74) is 1.16. The van der Waals surface area contributed by atoms with Gasteiger partial charge in [-0.05, 0) is 17.5 Å². The zero-order valence-electron chi connectivity index (χ0n) is 12.7. The number of hydrogen-bond donors (Lipinski definition) is 0. The van der Waals surface area contributed by atoms with Crippen LogP contribution in [0.3, 0.4) is 0 Å². The van der Waals surface area contributed by atoms with E-state index >= 15 is 0 Å². The largest absolute Gasteiger partial charge is 0.383 e. The Morgan fingerprint density at radius 1 is 1.29 bits per heavy atom. The smallest absolute Gasteiger partial charge is 0.155 e. The molecule has 0 aliphatic heterocycles. The lowest BCUT2D eigenvalue weighted by Crippen LogP contribution is -2.20. The molecule has 2 rings (SSSR count). The number of ether oxygens (including phenoxy) is 1. The van der Waals surface area contributed by atoms with Crippen molar-refractivity contribution in [1.29, 1.82) is 5.26 Å². The monoisotopic (exact) mass is 307 g/mol. The quantitative estimate of drug-likeness (QED) is 0.809. The molecule has 114 valence electrons. The zero-order valence-corrected chi connectivity index (χ0v) is 13.5. The van der Waals surface area contributed by atoms with Crippen molar-refractivity contribution < 1.29 is 13.2 Å². The van der Waals surface area contributed by atoms with Crippen LogP contribution in [0.25, 0.3) is 0 Å². The molecule has 1 fully saturated rings. The molecule has 3 atom stereocenters. The maximum absolute atomic E-state index is 12.3. The number of nitrogens with zero attached hydrogens (tertiary/aromatic N) is 1. The van der Waals surface area contributed by atoms with Crippen LogP contribution in [-0.4, -0.2) is 33.1 Å². The molecule has 0 radical (unpaired) electrons. The highest BCUT2D eigenvalue weighted by Crippen LogP contribution is 2.62. The van der Waals surface area contributed by atoms with Crippen LogP contribution in [0.5, 0.6) is 0 Å². The molecule has 0 saturated heterocycles. The molecule has 0 spiro atoms. The molecular weight excluding hydrogens is 286 g/mol. The molecule has 1 aliphatic carbocycles. The summed E-state index contributed by atoms with van der Waals surface area (Å²) in [5, 5.41) is 8.90. The van der Waals surface area contributed by atoms with Gasteiger partial charge in [0.1, 0.15) is 5.41 Å². The van der Waals surface area contributed by atoms with E-state index in [0.717, 1.165) is 12.0 Å². The van der Waals surface area contributed by atoms with Crippen molar-refractivity contribution in [3.63, 3.8) is 0 Å². The molecule has 1 saturated carbocycles. The number of hydrogen-bond acceptors (Lipinski definition) is 4. The first kappa shape index (κ1) is 16.0. The highest BCUT2D eigenvalue weighted by molar-refractivity contribution is 7.92. The lowest BCUT2D eigenvalue weighted by molar-refractivity contribution is 0.162. The fourth-order valence-corrected chi connectivity index (χ4v) is 5.12. The van der Waals surface area contributed by atoms with Crippen molar-refractivity contribution in [3.05, 3.63) is 35.4 Å². The van der Waals surface area contributed by atoms with E-state index in [-0.39, 0.29) is 18.3 Å². The van der Waals surface area contributed by atoms with Gasteiger partial charge in [-0.1, -0.05) is 38.1 Å². The second-order valence-corrected chi connectivity index (χ2v) is 7.94. The summed E-state index contributed by atoms with van der Waals surface area (Å²) in [4.78, 5) is 0. The van der Waals surface area contributed by atoms with E-state index in [4.69, 9.17) is 4.74 Å². The van der Waals surface area contributed by atoms with Crippen LogP contribution in [0, 0.1) is 16.7 Å². The molecule has 1 aromatic carbocycles. The summed E-state index contributed by atoms with van der Waals surface area (Å²) >= 11 is 0. The number of rotatable bonds is 6. The van der Waals surface area contributed by atoms with Crippen LogP contribution >= 0.6 is 0 Å². The Balaban J connectivity index is 2.42. The zero-order chi connectivity index (χ0) is 15.7. The molecule has 1 aliphatic rings. The minimum absolute atomic E-state index is 0.0500. The molecule has 0 N–H and O–H groups in total. The number of nitriles is 1. The van der Waals surface area contributed by atoms with Crippen LogP contribution in [0.15, 0.2) is 24.3 Å². The Hall–Kier alpha value is -1.38. The third-order valence-corrected chi connectivity index (χ3v) is 6.66. The Bertz CT molecular complexity index is 645. The van der Waals surface area contributed by atoms with Gasteiger partial charge in [0.15, 0.2) is 9.84 Å². The Morgan fingerprint density at radius 2 is 1.90 bits per heavy atom. The predicted molar refractivity (Wildman–Crippen MR) is 81.7 cm³/mol. The maximum Gasteiger partial charge on any atom is 0.155 e. The number of methoxy groups -OCH3 is 1. The molecule has 0 aromatic heterocycles. The standard InChI is InChI=1S/C16H21NO3S/c1-4-12-6-8-13(9-7-12)14-15(21(18,19)5-2)16(14,10-17)11-20-3/h6-9,14-15H,4-5,11H2,1-3H3/t14-,15-,16-/m0/s1. The predicted octanol–water partition coefficient (Wildman–Crippen LogP) is 2.31. The van der Waals surface area contributed by atoms with E-state index in [0.29, 0.717) is 0 Å². The third-order valence-electron chi connectivity index (χ3n) is 4.38. The maximum atomic E-state index is 12.3. The summed E-state index contributed by atoms with van der Waals surface area (Å²) < 4.78 is 29.8. The van der Waals surface area contributed by atoms with Crippen molar-refractivity contribution in [2.24, 2.45) is 5.41 Å². The molecular formula is C16H21NO3S. The molecule has 0 amide bonds. The molecule has 21 heavy (non-hydrogen) atoms. The van der Waals surface area contributed by atoms with Crippen LogP contribution < -0.4 is 0 Å². The second kappa shape index (κ2) is 5.78. The lowest BCUT2D eigenvalue weighted by atomic mass is 10.00. The third kappa shape index (κ3) is 2.58. The summed E-state index contributed by atoms with van der Waals surface area (Å²) in [6, 6.07) is 10.1. The average molecular weight is 307 g/mol. The first-order chi connectivity index (χ1) is 9.96. The molecule has 0 bridgehead atoms. The fourth-order valence-electron chi connectivity index (χ4n) is 3.12. The highest BCUT2D eigenvalue weighted by atomic mass is 32.2. The summed E-state index contributed by atoms with van der Waals surface area (Å²) in [5.74, 6) is -0.243. The Labute approximate surface area is 126 Å². The van der Waals surface area contributed by atoms with Gasteiger partial charge in [-0.3, -0.25) is 0 Å². The van der Waals surface area contributed by atoms with Gasteiger partial charge in [0.25, 0.3) is 0 Å². The van der Waals surface area contributed by atoms with E-state index in [2.05, 4.69) is 13.0 Å². The molecule has 1 aromatic rings. The van der Waals surface area contributed by atoms with E-state index < -0.39 is 20.5 Å². The van der Waals surface area contributed by atoms with Gasteiger partial charge >= 0.3 is 0 Å². The van der Waals surface area contributed by atoms with Gasteiger partial charge in [0.05, 0.1) is 17.9 Å². The van der Waals surface area contributed by atoms with Crippen LogP contribution in [0.1, 0.15) is 30.9 Å². The summed E-state index contributed by atoms with van der Waals surface area (Å²) in [6.07, 6.45) is 0.934. The number of benzene rings is 1. The minimum Gasteiger partial charge on any atom is -0.383 e. The van der Waals surface area contributed by atoms with Crippen molar-refractivity contribution in [1.82, 2.24) is 0 Å². The highest BCUT2D eigenvalue weighted by Gasteiger charge is 2.71. The van der Waals surface area contributed by atoms with Crippen molar-refractivity contribution in [2.75, 3.05) is 19.5 Å². The SMILES string of the molecule is CCc1ccc([C@H]2[C@H](S(=O)(=O)CC)[C@@]2(C#N)COC)cc1. The topological polar surface area (TPSA) is 67.2 Å². The second-order valence-electron chi connectivity index (χ2n) is 5.53. The molecule has 0 heterocycles. The van der Waals surface area contributed by atoms with Gasteiger partial charge in [0.2, 0.25) is 0 Å². The minimum atomic E-state index is -3.28. The van der Waals surface area contributed by atoms with Gasteiger partial charge in [-0.25, -0.2) is 8.42 Å². The fraction of sp³-hybridized carbons (Fsp3) is 0.562. The first-order valence-electron chi connectivity index (χ1n) is 7.17. The molecule has 0 unspecified atom stereocenters. The Morgan fingerprint density at radius 3 is 2.33 bits per heavy atom. The summed E-state index contributed by atoms with van der Waals surface area (Å²) in [6.45, 7) is 3.84. The van der Waals surface area contributed by atoms with Gasteiger partial charge in [0, 0.05) is 18.8 Å². The van der Waals surface area contributed by atoms with Crippen molar-refractivity contribution >= 4 is 9.84 Å². The summed E-state index contributed by atoms with van der Waals surface area (Å²) in [7, 11) is -1.78. The van der Waals surface area contributed by atoms with Crippen LogP contribution in [0.4, 0.5) is 0 Å². The van der Waals surface area contributed by atoms with Gasteiger partial charge in [-0.15, -0.1) is 0 Å². The van der Waals surface area contributed by atoms with E-state index in [1.807, 2.05) is 24.3 Å². The number of sulfone groups is 1. The van der Waals surface area contributed by atoms with Gasteiger partial charge < -0.3 is 4.74 Å². The average Bonchev–Trinajstić information content (AvgIpc) is 3.18. The van der Waals surface area contributed by atoms with Gasteiger partial charge in [-0.2, -0.15) is 5.26 Å². The van der Waals surface area contributed by atoms with E-state index in [9.17, 15) is 13.7 Å². The first-order valence-corrected chi connectivity index (χ1v) is 8.89. The Kier molecular flexibility index (Phi) is 4.40. The lowest BCUT2D eigenvalue weighted by Gasteiger charge is -2.07.